The van der Waals surface area contributed by atoms with Crippen LogP contribution in [0.15, 0.2) is 42.0 Å². The Labute approximate surface area is 230 Å². The minimum Gasteiger partial charge on any atom is -0.388 e. The Hall–Kier alpha value is -3.25. The number of aromatic amines is 1. The predicted octanol–water partition coefficient (Wildman–Crippen LogP) is -0.236. The number of aliphatic hydroxyl groups excluding tert-OH is 2. The van der Waals surface area contributed by atoms with Gasteiger partial charge >= 0.3 is 7.82 Å². The third-order valence-corrected chi connectivity index (χ3v) is 8.66. The van der Waals surface area contributed by atoms with Crippen molar-refractivity contribution >= 4 is 35.7 Å². The first-order valence-corrected chi connectivity index (χ1v) is 14.3. The number of imidazole rings is 1. The Kier molecular flexibility index (Phi) is 6.46. The first kappa shape index (κ1) is 26.6. The molecule has 9 atom stereocenters. The van der Waals surface area contributed by atoms with E-state index in [1.54, 1.807) is 22.9 Å². The highest BCUT2D eigenvalue weighted by molar-refractivity contribution is 7.47. The number of fused-ring (bicyclic) bond motifs is 5. The summed E-state index contributed by atoms with van der Waals surface area (Å²) < 4.78 is 44.7. The van der Waals surface area contributed by atoms with Crippen LogP contribution in [0.3, 0.4) is 0 Å². The Balaban J connectivity index is 1.16. The van der Waals surface area contributed by atoms with E-state index in [1.807, 2.05) is 0 Å². The van der Waals surface area contributed by atoms with Crippen LogP contribution < -0.4 is 11.3 Å². The largest absolute Gasteiger partial charge is 0.472 e. The fourth-order valence-corrected chi connectivity index (χ4v) is 6.62. The number of H-pyrrole nitrogens is 1. The van der Waals surface area contributed by atoms with Crippen LogP contribution >= 0.6 is 7.82 Å². The molecule has 7 rings (SSSR count). The number of phosphoric ester groups is 1. The normalized spacial score (nSPS) is 36.3. The lowest BCUT2D eigenvalue weighted by atomic mass is 9.95. The second-order valence-electron chi connectivity index (χ2n) is 10.0. The van der Waals surface area contributed by atoms with Crippen molar-refractivity contribution in [2.24, 2.45) is 5.92 Å². The molecule has 6 N–H and O–H groups in total. The monoisotopic (exact) mass is 591 g/mol. The zero-order valence-electron chi connectivity index (χ0n) is 21.2. The van der Waals surface area contributed by atoms with E-state index in [2.05, 4.69) is 19.9 Å². The predicted molar refractivity (Wildman–Crippen MR) is 137 cm³/mol. The number of aromatic nitrogens is 6. The number of nitrogens with zero attached hydrogens (tertiary/aromatic N) is 5. The molecule has 0 aromatic carbocycles. The number of phosphoric acid groups is 1. The first-order valence-electron chi connectivity index (χ1n) is 12.8. The highest BCUT2D eigenvalue weighted by Crippen LogP contribution is 2.51. The highest BCUT2D eigenvalue weighted by atomic mass is 31.2. The zero-order chi connectivity index (χ0) is 28.5. The number of pyridine rings is 1. The molecule has 2 unspecified atom stereocenters. The summed E-state index contributed by atoms with van der Waals surface area (Å²) in [7, 11) is -4.83. The van der Waals surface area contributed by atoms with Gasteiger partial charge in [-0.05, 0) is 18.6 Å². The summed E-state index contributed by atoms with van der Waals surface area (Å²) in [5.74, 6) is -0.337. The topological polar surface area (TPSA) is 231 Å². The summed E-state index contributed by atoms with van der Waals surface area (Å²) in [6.07, 6.45) is -2.33. The number of anilines is 1. The highest BCUT2D eigenvalue weighted by Gasteiger charge is 2.52. The molecule has 3 aliphatic heterocycles. The summed E-state index contributed by atoms with van der Waals surface area (Å²) in [6.45, 7) is -0.387. The van der Waals surface area contributed by atoms with E-state index >= 15 is 0 Å². The molecule has 0 radical (unpaired) electrons. The number of nitrogen functional groups attached to an aromatic ring is 1. The van der Waals surface area contributed by atoms with E-state index in [9.17, 15) is 24.5 Å². The van der Waals surface area contributed by atoms with E-state index in [4.69, 9.17) is 29.0 Å². The van der Waals surface area contributed by atoms with Crippen LogP contribution in [-0.4, -0.2) is 88.1 Å². The molecule has 3 fully saturated rings. The zero-order valence-corrected chi connectivity index (χ0v) is 22.1. The number of rotatable bonds is 2. The maximum Gasteiger partial charge on any atom is 0.472 e. The molecular formula is C23H26N7O10P. The average Bonchev–Trinajstić information content (AvgIpc) is 3.69. The van der Waals surface area contributed by atoms with Gasteiger partial charge in [-0.1, -0.05) is 0 Å². The summed E-state index contributed by atoms with van der Waals surface area (Å²) in [4.78, 5) is 37.6. The molecule has 18 heteroatoms. The fraction of sp³-hybridized carbons (Fsp3) is 0.478. The Morgan fingerprint density at radius 2 is 1.95 bits per heavy atom. The van der Waals surface area contributed by atoms with Crippen molar-refractivity contribution in [3.8, 4) is 0 Å². The van der Waals surface area contributed by atoms with Gasteiger partial charge in [0.25, 0.3) is 5.56 Å². The molecule has 4 aromatic heterocycles. The number of ether oxygens (including phenoxy) is 3. The van der Waals surface area contributed by atoms with Gasteiger partial charge in [0.05, 0.1) is 36.5 Å². The molecule has 3 aliphatic rings. The van der Waals surface area contributed by atoms with Crippen LogP contribution in [0.4, 0.5) is 5.82 Å². The molecule has 4 aromatic rings. The molecule has 0 spiro atoms. The smallest absolute Gasteiger partial charge is 0.388 e. The fourth-order valence-electron chi connectivity index (χ4n) is 5.68. The van der Waals surface area contributed by atoms with Crippen LogP contribution in [0.5, 0.6) is 0 Å². The number of nitrogens with two attached hydrogens (primary N) is 1. The minimum absolute atomic E-state index is 0.0259. The Morgan fingerprint density at radius 3 is 2.80 bits per heavy atom. The summed E-state index contributed by atoms with van der Waals surface area (Å²) in [6, 6.07) is 3.27. The van der Waals surface area contributed by atoms with Crippen molar-refractivity contribution in [2.75, 3.05) is 18.9 Å². The molecule has 3 saturated heterocycles. The van der Waals surface area contributed by atoms with E-state index in [0.717, 1.165) is 0 Å². The van der Waals surface area contributed by atoms with E-state index in [0.29, 0.717) is 16.6 Å². The van der Waals surface area contributed by atoms with Crippen LogP contribution in [0.1, 0.15) is 18.9 Å². The number of nitrogens with one attached hydrogen (secondary N) is 1. The van der Waals surface area contributed by atoms with Crippen molar-refractivity contribution in [3.63, 3.8) is 0 Å². The number of hydrogen-bond donors (Lipinski definition) is 5. The molecule has 0 amide bonds. The van der Waals surface area contributed by atoms with Gasteiger partial charge in [-0.3, -0.25) is 13.8 Å². The van der Waals surface area contributed by atoms with Crippen LogP contribution in [0.2, 0.25) is 0 Å². The molecule has 0 aliphatic carbocycles. The Bertz CT molecular complexity index is 1710. The van der Waals surface area contributed by atoms with Gasteiger partial charge in [-0.2, -0.15) is 0 Å². The third-order valence-electron chi connectivity index (χ3n) is 7.67. The molecule has 7 heterocycles. The maximum absolute atomic E-state index is 13.1. The lowest BCUT2D eigenvalue weighted by molar-refractivity contribution is -0.178. The van der Waals surface area contributed by atoms with E-state index < -0.39 is 69.1 Å². The lowest BCUT2D eigenvalue weighted by Crippen LogP contribution is -2.37. The van der Waals surface area contributed by atoms with Gasteiger partial charge in [0, 0.05) is 18.3 Å². The van der Waals surface area contributed by atoms with Crippen molar-refractivity contribution in [3.05, 3.63) is 47.5 Å². The van der Waals surface area contributed by atoms with Crippen LogP contribution in [0.25, 0.3) is 22.1 Å². The minimum atomic E-state index is -4.83. The van der Waals surface area contributed by atoms with E-state index in [-0.39, 0.29) is 24.4 Å². The van der Waals surface area contributed by atoms with Gasteiger partial charge < -0.3 is 49.2 Å². The van der Waals surface area contributed by atoms with Crippen LogP contribution in [-0.2, 0) is 27.8 Å². The summed E-state index contributed by atoms with van der Waals surface area (Å²) in [5, 5.41) is 22.8. The number of hydrogen-bond acceptors (Lipinski definition) is 13. The van der Waals surface area contributed by atoms with Crippen molar-refractivity contribution in [1.29, 1.82) is 0 Å². The maximum atomic E-state index is 13.1. The Morgan fingerprint density at radius 1 is 1.10 bits per heavy atom. The lowest BCUT2D eigenvalue weighted by Gasteiger charge is -2.26. The van der Waals surface area contributed by atoms with Gasteiger partial charge in [0.1, 0.15) is 36.1 Å². The van der Waals surface area contributed by atoms with E-state index in [1.165, 1.54) is 23.4 Å². The van der Waals surface area contributed by atoms with Gasteiger partial charge in [0.15, 0.2) is 24.3 Å². The standard InChI is InChI=1S/C23H26N7O10P/c24-18-11-2-5-29(19(11)27-8-26-18)21-15(31)10-3-6-36-23-16(32)17(40-41(34,35)37-7-13(10)38-21)22(39-23)30-9-28-14-12(30)1-4-25-20(14)33/h1-2,4-5,8-10,13,15-17,21-23,31-32H,3,6-7H2,(H,25,33)(H,34,35)(H2,24,26,27)/t10-,13-,15-,16+,17-,21-,22-,23?/m1/s1. The van der Waals surface area contributed by atoms with Gasteiger partial charge in [-0.25, -0.2) is 19.5 Å². The molecule has 41 heavy (non-hydrogen) atoms. The second kappa shape index (κ2) is 9.94. The second-order valence-corrected chi connectivity index (χ2v) is 11.4. The third kappa shape index (κ3) is 4.46. The van der Waals surface area contributed by atoms with Crippen LogP contribution in [0, 0.1) is 5.92 Å². The van der Waals surface area contributed by atoms with Crippen molar-refractivity contribution in [1.82, 2.24) is 29.1 Å². The molecule has 218 valence electrons. The van der Waals surface area contributed by atoms with Gasteiger partial charge in [0.2, 0.25) is 0 Å². The molecule has 0 saturated carbocycles. The first-order chi connectivity index (χ1) is 19.7. The summed E-state index contributed by atoms with van der Waals surface area (Å²) >= 11 is 0. The quantitative estimate of drug-likeness (QED) is 0.190. The summed E-state index contributed by atoms with van der Waals surface area (Å²) in [5.41, 5.74) is 6.39. The molecule has 17 nitrogen and oxygen atoms in total. The molecular weight excluding hydrogens is 565 g/mol. The number of aliphatic hydroxyl groups is 2. The van der Waals surface area contributed by atoms with Crippen molar-refractivity contribution < 1.29 is 42.9 Å². The van der Waals surface area contributed by atoms with Gasteiger partial charge in [-0.15, -0.1) is 0 Å². The molecule has 2 bridgehead atoms. The SMILES string of the molecule is Nc1ncnc2c1ccn2[C@@H]1O[C@@H]2COP(=O)(O)O[C@@H]3[C@H](O)C(OCC[C@H]2[C@H]1O)O[C@H]3n1cnc2c(=O)[nH]ccc21. The average molecular weight is 591 g/mol. The van der Waals surface area contributed by atoms with Crippen molar-refractivity contribution in [2.45, 2.75) is 49.6 Å².